The van der Waals surface area contributed by atoms with Crippen molar-refractivity contribution in [1.29, 1.82) is 0 Å². The Hall–Kier alpha value is -3.28. The van der Waals surface area contributed by atoms with Crippen LogP contribution in [0.1, 0.15) is 12.8 Å². The Morgan fingerprint density at radius 3 is 2.23 bits per heavy atom. The summed E-state index contributed by atoms with van der Waals surface area (Å²) in [6, 6.07) is 17.2. The number of rotatable bonds is 5. The van der Waals surface area contributed by atoms with Crippen LogP contribution in [0.25, 0.3) is 11.3 Å². The highest BCUT2D eigenvalue weighted by molar-refractivity contribution is 5.76. The highest BCUT2D eigenvalue weighted by Crippen LogP contribution is 2.27. The van der Waals surface area contributed by atoms with Crippen molar-refractivity contribution in [3.63, 3.8) is 0 Å². The van der Waals surface area contributed by atoms with E-state index in [9.17, 15) is 4.79 Å². The summed E-state index contributed by atoms with van der Waals surface area (Å²) in [4.78, 5) is 11.2. The van der Waals surface area contributed by atoms with E-state index >= 15 is 0 Å². The summed E-state index contributed by atoms with van der Waals surface area (Å²) in [6.45, 7) is 0.555. The third kappa shape index (κ3) is 3.85. The Labute approximate surface area is 151 Å². The molecule has 1 fully saturated rings. The Kier molecular flexibility index (Phi) is 4.55. The fourth-order valence-corrected chi connectivity index (χ4v) is 2.84. The average Bonchev–Trinajstić information content (AvgIpc) is 3.21. The maximum absolute atomic E-state index is 11.2. The largest absolute Gasteiger partial charge is 0.489 e. The highest BCUT2D eigenvalue weighted by Gasteiger charge is 2.19. The van der Waals surface area contributed by atoms with E-state index in [2.05, 4.69) is 15.5 Å². The third-order valence-electron chi connectivity index (χ3n) is 4.25. The number of piperidine rings is 1. The molecule has 0 bridgehead atoms. The first kappa shape index (κ1) is 16.2. The number of aromatic amines is 1. The lowest BCUT2D eigenvalue weighted by molar-refractivity contribution is -0.123. The van der Waals surface area contributed by atoms with E-state index in [4.69, 9.17) is 9.47 Å². The molecule has 0 aliphatic carbocycles. The van der Waals surface area contributed by atoms with Gasteiger partial charge in [-0.25, -0.2) is 0 Å². The van der Waals surface area contributed by atoms with E-state index in [1.165, 1.54) is 0 Å². The molecule has 1 atom stereocenters. The lowest BCUT2D eigenvalue weighted by Crippen LogP contribution is -2.40. The summed E-state index contributed by atoms with van der Waals surface area (Å²) in [5.41, 5.74) is 2.02. The van der Waals surface area contributed by atoms with Crippen LogP contribution in [0.15, 0.2) is 60.8 Å². The van der Waals surface area contributed by atoms with Crippen LogP contribution < -0.4 is 14.8 Å². The van der Waals surface area contributed by atoms with Gasteiger partial charge in [0.15, 0.2) is 0 Å². The highest BCUT2D eigenvalue weighted by atomic mass is 16.5. The normalized spacial score (nSPS) is 16.8. The van der Waals surface area contributed by atoms with E-state index in [1.54, 1.807) is 6.20 Å². The molecule has 6 nitrogen and oxygen atoms in total. The van der Waals surface area contributed by atoms with Crippen molar-refractivity contribution in [3.8, 4) is 28.5 Å². The standard InChI is InChI=1S/C20H19N3O3/c24-20-10-9-18(13-21-20)26-17-7-5-16(6-8-17)25-15-3-1-14(2-4-15)19-11-12-22-23-19/h1-8,11-12,18H,9-10,13H2,(H,21,24)(H,22,23). The SMILES string of the molecule is O=C1CCC(Oc2ccc(Oc3ccc(-c4ccn[nH]4)cc3)cc2)CN1. The van der Waals surface area contributed by atoms with Gasteiger partial charge >= 0.3 is 0 Å². The Morgan fingerprint density at radius 1 is 0.923 bits per heavy atom. The number of hydrogen-bond acceptors (Lipinski definition) is 4. The maximum atomic E-state index is 11.2. The fourth-order valence-electron chi connectivity index (χ4n) is 2.84. The summed E-state index contributed by atoms with van der Waals surface area (Å²) in [7, 11) is 0. The zero-order valence-electron chi connectivity index (χ0n) is 14.1. The van der Waals surface area contributed by atoms with Gasteiger partial charge in [0.05, 0.1) is 12.2 Å². The summed E-state index contributed by atoms with van der Waals surface area (Å²) in [6.07, 6.45) is 3.01. The Bertz CT molecular complexity index is 848. The molecule has 6 heteroatoms. The fraction of sp³-hybridized carbons (Fsp3) is 0.200. The molecule has 1 saturated heterocycles. The lowest BCUT2D eigenvalue weighted by atomic mass is 10.1. The molecule has 1 aliphatic heterocycles. The van der Waals surface area contributed by atoms with Crippen LogP contribution in [0.4, 0.5) is 0 Å². The van der Waals surface area contributed by atoms with Crippen molar-refractivity contribution in [3.05, 3.63) is 60.8 Å². The first-order chi connectivity index (χ1) is 12.8. The van der Waals surface area contributed by atoms with Gasteiger partial charge in [-0.2, -0.15) is 5.10 Å². The molecular weight excluding hydrogens is 330 g/mol. The first-order valence-electron chi connectivity index (χ1n) is 8.57. The summed E-state index contributed by atoms with van der Waals surface area (Å²) < 4.78 is 11.8. The number of nitrogens with zero attached hydrogens (tertiary/aromatic N) is 1. The number of nitrogens with one attached hydrogen (secondary N) is 2. The number of carbonyl (C=O) groups is 1. The zero-order valence-corrected chi connectivity index (χ0v) is 14.1. The maximum Gasteiger partial charge on any atom is 0.220 e. The quantitative estimate of drug-likeness (QED) is 0.739. The van der Waals surface area contributed by atoms with Crippen molar-refractivity contribution < 1.29 is 14.3 Å². The second-order valence-corrected chi connectivity index (χ2v) is 6.15. The van der Waals surface area contributed by atoms with Gasteiger partial charge < -0.3 is 14.8 Å². The number of aromatic nitrogens is 2. The van der Waals surface area contributed by atoms with Crippen molar-refractivity contribution in [2.45, 2.75) is 18.9 Å². The van der Waals surface area contributed by atoms with Crippen LogP contribution in [0.3, 0.4) is 0 Å². The molecule has 132 valence electrons. The second kappa shape index (κ2) is 7.31. The molecule has 2 heterocycles. The van der Waals surface area contributed by atoms with Crippen molar-refractivity contribution in [1.82, 2.24) is 15.5 Å². The van der Waals surface area contributed by atoms with Crippen molar-refractivity contribution in [2.24, 2.45) is 0 Å². The molecule has 0 saturated carbocycles. The first-order valence-corrected chi connectivity index (χ1v) is 8.57. The van der Waals surface area contributed by atoms with Crippen LogP contribution in [0.2, 0.25) is 0 Å². The van der Waals surface area contributed by atoms with E-state index < -0.39 is 0 Å². The minimum absolute atomic E-state index is 0.0227. The molecule has 26 heavy (non-hydrogen) atoms. The molecule has 2 aromatic carbocycles. The van der Waals surface area contributed by atoms with Crippen LogP contribution in [-0.2, 0) is 4.79 Å². The molecule has 1 amide bonds. The van der Waals surface area contributed by atoms with E-state index in [0.29, 0.717) is 13.0 Å². The smallest absolute Gasteiger partial charge is 0.220 e. The second-order valence-electron chi connectivity index (χ2n) is 6.15. The number of ether oxygens (including phenoxy) is 2. The van der Waals surface area contributed by atoms with Gasteiger partial charge in [0.25, 0.3) is 0 Å². The molecule has 2 N–H and O–H groups in total. The Balaban J connectivity index is 1.36. The topological polar surface area (TPSA) is 76.2 Å². The van der Waals surface area contributed by atoms with E-state index in [0.717, 1.165) is 34.9 Å². The number of amides is 1. The third-order valence-corrected chi connectivity index (χ3v) is 4.25. The predicted molar refractivity (Wildman–Crippen MR) is 97.2 cm³/mol. The minimum atomic E-state index is 0.0227. The monoisotopic (exact) mass is 349 g/mol. The van der Waals surface area contributed by atoms with Gasteiger partial charge in [-0.1, -0.05) is 0 Å². The molecule has 1 aromatic heterocycles. The number of hydrogen-bond donors (Lipinski definition) is 2. The van der Waals surface area contributed by atoms with Crippen LogP contribution in [0, 0.1) is 0 Å². The van der Waals surface area contributed by atoms with Gasteiger partial charge in [-0.3, -0.25) is 9.89 Å². The molecule has 4 rings (SSSR count). The van der Waals surface area contributed by atoms with Gasteiger partial charge in [0.1, 0.15) is 23.4 Å². The molecular formula is C20H19N3O3. The predicted octanol–water partition coefficient (Wildman–Crippen LogP) is 3.53. The molecule has 0 radical (unpaired) electrons. The summed E-state index contributed by atoms with van der Waals surface area (Å²) >= 11 is 0. The van der Waals surface area contributed by atoms with Crippen LogP contribution in [-0.4, -0.2) is 28.8 Å². The average molecular weight is 349 g/mol. The van der Waals surface area contributed by atoms with Crippen molar-refractivity contribution >= 4 is 5.91 Å². The van der Waals surface area contributed by atoms with E-state index in [1.807, 2.05) is 54.6 Å². The van der Waals surface area contributed by atoms with Gasteiger partial charge in [0, 0.05) is 12.6 Å². The summed E-state index contributed by atoms with van der Waals surface area (Å²) in [5.74, 6) is 2.36. The lowest BCUT2D eigenvalue weighted by Gasteiger charge is -2.23. The molecule has 0 spiro atoms. The Morgan fingerprint density at radius 2 is 1.62 bits per heavy atom. The zero-order chi connectivity index (χ0) is 17.8. The minimum Gasteiger partial charge on any atom is -0.489 e. The van der Waals surface area contributed by atoms with Gasteiger partial charge in [-0.15, -0.1) is 0 Å². The number of carbonyl (C=O) groups excluding carboxylic acids is 1. The number of H-pyrrole nitrogens is 1. The van der Waals surface area contributed by atoms with Crippen LogP contribution in [0.5, 0.6) is 17.2 Å². The van der Waals surface area contributed by atoms with Gasteiger partial charge in [0.2, 0.25) is 5.91 Å². The molecule has 3 aromatic rings. The van der Waals surface area contributed by atoms with E-state index in [-0.39, 0.29) is 12.0 Å². The van der Waals surface area contributed by atoms with Crippen LogP contribution >= 0.6 is 0 Å². The van der Waals surface area contributed by atoms with Crippen molar-refractivity contribution in [2.75, 3.05) is 6.54 Å². The molecule has 1 aliphatic rings. The molecule has 1 unspecified atom stereocenters. The summed E-state index contributed by atoms with van der Waals surface area (Å²) in [5, 5.41) is 9.71. The number of benzene rings is 2. The van der Waals surface area contributed by atoms with Gasteiger partial charge in [-0.05, 0) is 66.6 Å².